The average molecular weight is 231 g/mol. The molecule has 90 valence electrons. The standard InChI is InChI=1S/C8H13N3O5/c12-3-5(8(15)16)11-7(14)4-1-10-6(13)2-9-4/h4-5,9,12H,1-3H2,(H,10,13)(H,11,14)(H,15,16)/t4?,5-/m0/s1. The Bertz CT molecular complexity index is 296. The van der Waals surface area contributed by atoms with Crippen LogP contribution in [-0.4, -0.2) is 59.8 Å². The molecule has 0 saturated carbocycles. The molecule has 1 unspecified atom stereocenters. The van der Waals surface area contributed by atoms with E-state index < -0.39 is 30.6 Å². The molecule has 5 N–H and O–H groups in total. The Kier molecular flexibility index (Phi) is 4.20. The molecule has 0 bridgehead atoms. The van der Waals surface area contributed by atoms with Gasteiger partial charge in [-0.25, -0.2) is 4.79 Å². The molecule has 1 saturated heterocycles. The van der Waals surface area contributed by atoms with Gasteiger partial charge in [0, 0.05) is 6.54 Å². The first kappa shape index (κ1) is 12.4. The minimum atomic E-state index is -1.33. The van der Waals surface area contributed by atoms with Crippen LogP contribution in [0.3, 0.4) is 0 Å². The molecule has 1 rings (SSSR count). The van der Waals surface area contributed by atoms with E-state index in [1.54, 1.807) is 0 Å². The molecule has 1 heterocycles. The van der Waals surface area contributed by atoms with E-state index in [0.717, 1.165) is 0 Å². The smallest absolute Gasteiger partial charge is 0.328 e. The van der Waals surface area contributed by atoms with Gasteiger partial charge in [0.2, 0.25) is 11.8 Å². The highest BCUT2D eigenvalue weighted by atomic mass is 16.4. The van der Waals surface area contributed by atoms with Crippen LogP contribution in [0.4, 0.5) is 0 Å². The van der Waals surface area contributed by atoms with Gasteiger partial charge in [-0.3, -0.25) is 14.9 Å². The van der Waals surface area contributed by atoms with E-state index in [-0.39, 0.29) is 19.0 Å². The number of piperazine rings is 1. The molecule has 8 nitrogen and oxygen atoms in total. The molecule has 2 atom stereocenters. The second-order valence-corrected chi connectivity index (χ2v) is 3.32. The highest BCUT2D eigenvalue weighted by Gasteiger charge is 2.27. The number of rotatable bonds is 4. The lowest BCUT2D eigenvalue weighted by molar-refractivity contribution is -0.143. The number of carboxylic acid groups (broad SMARTS) is 1. The van der Waals surface area contributed by atoms with Crippen LogP contribution < -0.4 is 16.0 Å². The predicted octanol–water partition coefficient (Wildman–Crippen LogP) is -3.36. The van der Waals surface area contributed by atoms with Crippen LogP contribution in [-0.2, 0) is 14.4 Å². The van der Waals surface area contributed by atoms with Crippen molar-refractivity contribution >= 4 is 17.8 Å². The minimum Gasteiger partial charge on any atom is -0.480 e. The fraction of sp³-hybridized carbons (Fsp3) is 0.625. The molecule has 8 heteroatoms. The lowest BCUT2D eigenvalue weighted by atomic mass is 10.2. The summed E-state index contributed by atoms with van der Waals surface area (Å²) in [5.41, 5.74) is 0. The molecule has 0 aromatic rings. The van der Waals surface area contributed by atoms with Gasteiger partial charge >= 0.3 is 5.97 Å². The zero-order valence-corrected chi connectivity index (χ0v) is 8.40. The number of hydrogen-bond donors (Lipinski definition) is 5. The van der Waals surface area contributed by atoms with E-state index in [4.69, 9.17) is 10.2 Å². The van der Waals surface area contributed by atoms with Crippen LogP contribution in [0.15, 0.2) is 0 Å². The first-order chi connectivity index (χ1) is 7.54. The number of nitrogens with one attached hydrogen (secondary N) is 3. The van der Waals surface area contributed by atoms with E-state index in [1.165, 1.54) is 0 Å². The largest absolute Gasteiger partial charge is 0.480 e. The average Bonchev–Trinajstić information content (AvgIpc) is 2.26. The van der Waals surface area contributed by atoms with Crippen molar-refractivity contribution in [1.82, 2.24) is 16.0 Å². The van der Waals surface area contributed by atoms with Gasteiger partial charge in [-0.1, -0.05) is 0 Å². The first-order valence-electron chi connectivity index (χ1n) is 4.68. The van der Waals surface area contributed by atoms with E-state index in [0.29, 0.717) is 0 Å². The number of aliphatic hydroxyl groups is 1. The van der Waals surface area contributed by atoms with Crippen molar-refractivity contribution in [1.29, 1.82) is 0 Å². The van der Waals surface area contributed by atoms with Gasteiger partial charge in [0.25, 0.3) is 0 Å². The molecule has 0 spiro atoms. The molecule has 16 heavy (non-hydrogen) atoms. The molecule has 1 aliphatic rings. The molecule has 0 aliphatic carbocycles. The zero-order chi connectivity index (χ0) is 12.1. The third kappa shape index (κ3) is 3.17. The fourth-order valence-electron chi connectivity index (χ4n) is 1.21. The summed E-state index contributed by atoms with van der Waals surface area (Å²) in [6.07, 6.45) is 0. The van der Waals surface area contributed by atoms with Crippen molar-refractivity contribution in [3.05, 3.63) is 0 Å². The van der Waals surface area contributed by atoms with Gasteiger partial charge in [-0.15, -0.1) is 0 Å². The van der Waals surface area contributed by atoms with E-state index >= 15 is 0 Å². The number of aliphatic carboxylic acids is 1. The normalized spacial score (nSPS) is 22.1. The maximum atomic E-state index is 11.5. The minimum absolute atomic E-state index is 0.00888. The van der Waals surface area contributed by atoms with Crippen molar-refractivity contribution in [2.75, 3.05) is 19.7 Å². The van der Waals surface area contributed by atoms with Crippen LogP contribution >= 0.6 is 0 Å². The van der Waals surface area contributed by atoms with Crippen LogP contribution in [0.25, 0.3) is 0 Å². The number of amides is 2. The van der Waals surface area contributed by atoms with Gasteiger partial charge in [-0.05, 0) is 0 Å². The summed E-state index contributed by atoms with van der Waals surface area (Å²) in [4.78, 5) is 32.8. The molecule has 0 aromatic heterocycles. The summed E-state index contributed by atoms with van der Waals surface area (Å²) in [6.45, 7) is -0.572. The Morgan fingerprint density at radius 2 is 2.25 bits per heavy atom. The Labute approximate surface area is 91.0 Å². The number of hydrogen-bond acceptors (Lipinski definition) is 5. The van der Waals surface area contributed by atoms with Gasteiger partial charge in [0.05, 0.1) is 13.2 Å². The van der Waals surface area contributed by atoms with Crippen molar-refractivity contribution in [3.63, 3.8) is 0 Å². The summed E-state index contributed by atoms with van der Waals surface area (Å²) in [5, 5.41) is 24.5. The molecule has 0 aromatic carbocycles. The van der Waals surface area contributed by atoms with Crippen LogP contribution in [0.1, 0.15) is 0 Å². The Morgan fingerprint density at radius 3 is 2.69 bits per heavy atom. The second kappa shape index (κ2) is 5.42. The Morgan fingerprint density at radius 1 is 1.56 bits per heavy atom. The summed E-state index contributed by atoms with van der Waals surface area (Å²) >= 11 is 0. The second-order valence-electron chi connectivity index (χ2n) is 3.32. The van der Waals surface area contributed by atoms with Crippen molar-refractivity contribution < 1.29 is 24.6 Å². The highest BCUT2D eigenvalue weighted by molar-refractivity contribution is 5.89. The van der Waals surface area contributed by atoms with Crippen molar-refractivity contribution in [3.8, 4) is 0 Å². The topological polar surface area (TPSA) is 128 Å². The van der Waals surface area contributed by atoms with Gasteiger partial charge in [0.15, 0.2) is 0 Å². The van der Waals surface area contributed by atoms with Gasteiger partial charge < -0.3 is 20.8 Å². The van der Waals surface area contributed by atoms with Crippen molar-refractivity contribution in [2.45, 2.75) is 12.1 Å². The summed E-state index contributed by atoms with van der Waals surface area (Å²) in [6, 6.07) is -2.00. The Balaban J connectivity index is 2.45. The Hall–Kier alpha value is -1.67. The maximum absolute atomic E-state index is 11.5. The third-order valence-electron chi connectivity index (χ3n) is 2.13. The molecular formula is C8H13N3O5. The first-order valence-corrected chi connectivity index (χ1v) is 4.68. The fourth-order valence-corrected chi connectivity index (χ4v) is 1.21. The summed E-state index contributed by atoms with van der Waals surface area (Å²) in [7, 11) is 0. The monoisotopic (exact) mass is 231 g/mol. The predicted molar refractivity (Wildman–Crippen MR) is 51.5 cm³/mol. The van der Waals surface area contributed by atoms with E-state index in [9.17, 15) is 14.4 Å². The molecule has 1 fully saturated rings. The molecular weight excluding hydrogens is 218 g/mol. The number of carboxylic acids is 1. The van der Waals surface area contributed by atoms with Gasteiger partial charge in [-0.2, -0.15) is 0 Å². The quantitative estimate of drug-likeness (QED) is 0.344. The van der Waals surface area contributed by atoms with E-state index in [1.807, 2.05) is 0 Å². The molecule has 2 amide bonds. The molecule has 1 aliphatic heterocycles. The highest BCUT2D eigenvalue weighted by Crippen LogP contribution is 1.91. The van der Waals surface area contributed by atoms with Gasteiger partial charge in [0.1, 0.15) is 12.1 Å². The number of aliphatic hydroxyl groups excluding tert-OH is 1. The van der Waals surface area contributed by atoms with Crippen molar-refractivity contribution in [2.24, 2.45) is 0 Å². The maximum Gasteiger partial charge on any atom is 0.328 e. The SMILES string of the molecule is O=C1CNC(C(=O)N[C@@H](CO)C(=O)O)CN1. The lowest BCUT2D eigenvalue weighted by Crippen LogP contribution is -2.60. The summed E-state index contributed by atoms with van der Waals surface area (Å²) < 4.78 is 0. The zero-order valence-electron chi connectivity index (χ0n) is 8.40. The van der Waals surface area contributed by atoms with E-state index in [2.05, 4.69) is 16.0 Å². The third-order valence-corrected chi connectivity index (χ3v) is 2.13. The van der Waals surface area contributed by atoms with Crippen LogP contribution in [0.2, 0.25) is 0 Å². The number of carbonyl (C=O) groups is 3. The van der Waals surface area contributed by atoms with Crippen LogP contribution in [0, 0.1) is 0 Å². The van der Waals surface area contributed by atoms with Crippen LogP contribution in [0.5, 0.6) is 0 Å². The summed E-state index contributed by atoms with van der Waals surface area (Å²) in [5.74, 6) is -2.10. The molecule has 0 radical (unpaired) electrons. The number of carbonyl (C=O) groups excluding carboxylic acids is 2. The lowest BCUT2D eigenvalue weighted by Gasteiger charge is -2.24.